The Morgan fingerprint density at radius 3 is 2.71 bits per heavy atom. The first-order valence-electron chi connectivity index (χ1n) is 7.99. The number of nitrogens with zero attached hydrogens (tertiary/aromatic N) is 5. The van der Waals surface area contributed by atoms with E-state index >= 15 is 0 Å². The summed E-state index contributed by atoms with van der Waals surface area (Å²) >= 11 is 0. The maximum Gasteiger partial charge on any atom is 0.139 e. The summed E-state index contributed by atoms with van der Waals surface area (Å²) in [5.41, 5.74) is 3.96. The third kappa shape index (κ3) is 3.03. The van der Waals surface area contributed by atoms with Gasteiger partial charge in [-0.15, -0.1) is 0 Å². The van der Waals surface area contributed by atoms with Crippen molar-refractivity contribution in [1.29, 1.82) is 0 Å². The second-order valence-corrected chi connectivity index (χ2v) is 5.93. The Labute approximate surface area is 139 Å². The van der Waals surface area contributed by atoms with Crippen LogP contribution < -0.4 is 9.64 Å². The van der Waals surface area contributed by atoms with Gasteiger partial charge in [0, 0.05) is 38.8 Å². The van der Waals surface area contributed by atoms with Gasteiger partial charge < -0.3 is 9.64 Å². The van der Waals surface area contributed by atoms with E-state index in [0.717, 1.165) is 55.2 Å². The lowest BCUT2D eigenvalue weighted by Gasteiger charge is -2.36. The molecule has 1 aromatic carbocycles. The Balaban J connectivity index is 1.38. The second-order valence-electron chi connectivity index (χ2n) is 5.93. The number of fused-ring (bicyclic) bond motifs is 1. The quantitative estimate of drug-likeness (QED) is 0.726. The van der Waals surface area contributed by atoms with Crippen LogP contribution in [0.25, 0.3) is 11.0 Å². The zero-order valence-electron chi connectivity index (χ0n) is 13.6. The van der Waals surface area contributed by atoms with Gasteiger partial charge >= 0.3 is 0 Å². The predicted octanol–water partition coefficient (Wildman–Crippen LogP) is 1.95. The predicted molar refractivity (Wildman–Crippen MR) is 90.1 cm³/mol. The van der Waals surface area contributed by atoms with E-state index in [2.05, 4.69) is 31.2 Å². The molecule has 7 heteroatoms. The summed E-state index contributed by atoms with van der Waals surface area (Å²) in [6, 6.07) is 8.13. The molecule has 0 atom stereocenters. The van der Waals surface area contributed by atoms with Crippen molar-refractivity contribution in [1.82, 2.24) is 20.2 Å². The van der Waals surface area contributed by atoms with Gasteiger partial charge in [-0.3, -0.25) is 9.88 Å². The van der Waals surface area contributed by atoms with E-state index in [1.807, 2.05) is 24.4 Å². The molecule has 0 aliphatic carbocycles. The fraction of sp³-hybridized carbons (Fsp3) is 0.353. The van der Waals surface area contributed by atoms with Crippen molar-refractivity contribution in [3.63, 3.8) is 0 Å². The van der Waals surface area contributed by atoms with E-state index in [1.54, 1.807) is 13.3 Å². The van der Waals surface area contributed by atoms with Crippen LogP contribution in [0, 0.1) is 0 Å². The fourth-order valence-electron chi connectivity index (χ4n) is 3.04. The highest BCUT2D eigenvalue weighted by Gasteiger charge is 2.18. The molecule has 7 nitrogen and oxygen atoms in total. The first kappa shape index (κ1) is 14.9. The summed E-state index contributed by atoms with van der Waals surface area (Å²) in [5, 5.41) is 7.75. The standard InChI is InChI=1S/C17H19N5O2/c1-23-15-9-14(10-18-11-15)22-6-4-21(5-7-22)12-13-2-3-16-17(8-13)20-24-19-16/h2-3,8-11H,4-7,12H2,1H3. The highest BCUT2D eigenvalue weighted by Crippen LogP contribution is 2.21. The fourth-order valence-corrected chi connectivity index (χ4v) is 3.04. The van der Waals surface area contributed by atoms with Gasteiger partial charge in [-0.05, 0) is 28.0 Å². The van der Waals surface area contributed by atoms with Gasteiger partial charge in [0.2, 0.25) is 0 Å². The third-order valence-corrected chi connectivity index (χ3v) is 4.40. The smallest absolute Gasteiger partial charge is 0.139 e. The third-order valence-electron chi connectivity index (χ3n) is 4.40. The number of ether oxygens (including phenoxy) is 1. The number of rotatable bonds is 4. The van der Waals surface area contributed by atoms with Crippen molar-refractivity contribution in [3.05, 3.63) is 42.2 Å². The van der Waals surface area contributed by atoms with Crippen molar-refractivity contribution in [2.75, 3.05) is 38.2 Å². The second kappa shape index (κ2) is 6.45. The van der Waals surface area contributed by atoms with Gasteiger partial charge in [-0.25, -0.2) is 4.63 Å². The molecule has 1 saturated heterocycles. The van der Waals surface area contributed by atoms with Crippen LogP contribution in [0.1, 0.15) is 5.56 Å². The van der Waals surface area contributed by atoms with Crippen molar-refractivity contribution >= 4 is 16.7 Å². The number of aromatic nitrogens is 3. The molecule has 24 heavy (non-hydrogen) atoms. The van der Waals surface area contributed by atoms with E-state index in [9.17, 15) is 0 Å². The van der Waals surface area contributed by atoms with Crippen LogP contribution in [0.15, 0.2) is 41.3 Å². The van der Waals surface area contributed by atoms with Gasteiger partial charge in [-0.2, -0.15) is 0 Å². The number of pyridine rings is 1. The Kier molecular flexibility index (Phi) is 4.00. The molecule has 0 unspecified atom stereocenters. The van der Waals surface area contributed by atoms with Crippen LogP contribution in [-0.2, 0) is 6.54 Å². The zero-order valence-corrected chi connectivity index (χ0v) is 13.6. The average Bonchev–Trinajstić information content (AvgIpc) is 3.10. The molecule has 0 amide bonds. The number of piperazine rings is 1. The number of benzene rings is 1. The summed E-state index contributed by atoms with van der Waals surface area (Å²) in [7, 11) is 1.67. The summed E-state index contributed by atoms with van der Waals surface area (Å²) in [5.74, 6) is 0.796. The van der Waals surface area contributed by atoms with E-state index in [1.165, 1.54) is 5.56 Å². The Morgan fingerprint density at radius 2 is 1.88 bits per heavy atom. The molecule has 1 fully saturated rings. The minimum atomic E-state index is 0.796. The molecule has 4 rings (SSSR count). The lowest BCUT2D eigenvalue weighted by atomic mass is 10.1. The first-order valence-corrected chi connectivity index (χ1v) is 7.99. The van der Waals surface area contributed by atoms with Gasteiger partial charge in [0.25, 0.3) is 0 Å². The summed E-state index contributed by atoms with van der Waals surface area (Å²) < 4.78 is 10.0. The van der Waals surface area contributed by atoms with Gasteiger partial charge in [0.15, 0.2) is 0 Å². The Morgan fingerprint density at radius 1 is 1.04 bits per heavy atom. The van der Waals surface area contributed by atoms with E-state index in [0.29, 0.717) is 0 Å². The highest BCUT2D eigenvalue weighted by atomic mass is 16.6. The molecule has 3 aromatic rings. The summed E-state index contributed by atoms with van der Waals surface area (Å²) in [6.07, 6.45) is 3.62. The van der Waals surface area contributed by atoms with Crippen molar-refractivity contribution in [2.24, 2.45) is 0 Å². The molecule has 1 aliphatic heterocycles. The molecule has 0 bridgehead atoms. The number of anilines is 1. The Hall–Kier alpha value is -2.67. The van der Waals surface area contributed by atoms with Crippen LogP contribution in [0.2, 0.25) is 0 Å². The largest absolute Gasteiger partial charge is 0.495 e. The maximum atomic E-state index is 5.26. The van der Waals surface area contributed by atoms with E-state index in [4.69, 9.17) is 9.37 Å². The molecule has 0 spiro atoms. The normalized spacial score (nSPS) is 15.8. The topological polar surface area (TPSA) is 67.5 Å². The molecule has 124 valence electrons. The summed E-state index contributed by atoms with van der Waals surface area (Å²) in [6.45, 7) is 4.87. The molecular weight excluding hydrogens is 306 g/mol. The molecule has 3 heterocycles. The number of hydrogen-bond donors (Lipinski definition) is 0. The maximum absolute atomic E-state index is 5.26. The molecule has 0 radical (unpaired) electrons. The van der Waals surface area contributed by atoms with Gasteiger partial charge in [0.1, 0.15) is 16.8 Å². The minimum Gasteiger partial charge on any atom is -0.495 e. The van der Waals surface area contributed by atoms with Gasteiger partial charge in [-0.1, -0.05) is 6.07 Å². The SMILES string of the molecule is COc1cncc(N2CCN(Cc3ccc4nonc4c3)CC2)c1. The monoisotopic (exact) mass is 325 g/mol. The van der Waals surface area contributed by atoms with Crippen LogP contribution in [0.4, 0.5) is 5.69 Å². The highest BCUT2D eigenvalue weighted by molar-refractivity contribution is 5.73. The molecule has 1 aliphatic rings. The van der Waals surface area contributed by atoms with Crippen LogP contribution in [0.5, 0.6) is 5.75 Å². The molecule has 2 aromatic heterocycles. The first-order chi connectivity index (χ1) is 11.8. The van der Waals surface area contributed by atoms with E-state index < -0.39 is 0 Å². The van der Waals surface area contributed by atoms with E-state index in [-0.39, 0.29) is 0 Å². The van der Waals surface area contributed by atoms with Gasteiger partial charge in [0.05, 0.1) is 25.2 Å². The summed E-state index contributed by atoms with van der Waals surface area (Å²) in [4.78, 5) is 9.03. The van der Waals surface area contributed by atoms with Crippen molar-refractivity contribution in [3.8, 4) is 5.75 Å². The van der Waals surface area contributed by atoms with Crippen LogP contribution >= 0.6 is 0 Å². The van der Waals surface area contributed by atoms with Crippen molar-refractivity contribution in [2.45, 2.75) is 6.54 Å². The zero-order chi connectivity index (χ0) is 16.4. The van der Waals surface area contributed by atoms with Crippen LogP contribution in [0.3, 0.4) is 0 Å². The van der Waals surface area contributed by atoms with Crippen LogP contribution in [-0.4, -0.2) is 53.5 Å². The Bertz CT molecular complexity index is 826. The lowest BCUT2D eigenvalue weighted by Crippen LogP contribution is -2.46. The molecule has 0 saturated carbocycles. The molecular formula is C17H19N5O2. The lowest BCUT2D eigenvalue weighted by molar-refractivity contribution is 0.250. The number of hydrogen-bond acceptors (Lipinski definition) is 7. The van der Waals surface area contributed by atoms with Crippen molar-refractivity contribution < 1.29 is 9.37 Å². The molecule has 0 N–H and O–H groups in total. The average molecular weight is 325 g/mol. The minimum absolute atomic E-state index is 0.796. The number of methoxy groups -OCH3 is 1.